The summed E-state index contributed by atoms with van der Waals surface area (Å²) in [6.45, 7) is 1.78. The molecule has 0 radical (unpaired) electrons. The maximum Gasteiger partial charge on any atom is 0.405 e. The lowest BCUT2D eigenvalue weighted by Crippen LogP contribution is -2.52. The van der Waals surface area contributed by atoms with Crippen molar-refractivity contribution in [2.45, 2.75) is 58.2 Å². The number of aromatic nitrogens is 3. The van der Waals surface area contributed by atoms with E-state index in [1.807, 2.05) is 0 Å². The second-order valence-electron chi connectivity index (χ2n) is 13.8. The maximum atomic E-state index is 13.4. The molecule has 0 atom stereocenters. The van der Waals surface area contributed by atoms with Gasteiger partial charge in [-0.15, -0.1) is 10.2 Å². The highest BCUT2D eigenvalue weighted by Gasteiger charge is 2.40. The molecule has 1 fully saturated rings. The summed E-state index contributed by atoms with van der Waals surface area (Å²) in [6, 6.07) is 12.8. The second-order valence-corrected chi connectivity index (χ2v) is 13.8. The fourth-order valence-electron chi connectivity index (χ4n) is 6.51. The van der Waals surface area contributed by atoms with Gasteiger partial charge >= 0.3 is 6.18 Å². The Hall–Kier alpha value is -6.79. The number of hydrazine groups is 1. The molecule has 6 amide bonds. The van der Waals surface area contributed by atoms with Crippen molar-refractivity contribution in [1.82, 2.24) is 35.0 Å². The zero-order valence-corrected chi connectivity index (χ0v) is 30.9. The van der Waals surface area contributed by atoms with Crippen LogP contribution < -0.4 is 10.6 Å². The van der Waals surface area contributed by atoms with Crippen LogP contribution in [-0.4, -0.2) is 102 Å². The topological polar surface area (TPSA) is 207 Å². The van der Waals surface area contributed by atoms with Gasteiger partial charge in [-0.25, -0.2) is 5.01 Å². The van der Waals surface area contributed by atoms with Gasteiger partial charge in [0.15, 0.2) is 5.82 Å². The van der Waals surface area contributed by atoms with E-state index < -0.39 is 59.7 Å². The third-order valence-electron chi connectivity index (χ3n) is 9.43. The Morgan fingerprint density at radius 2 is 1.61 bits per heavy atom. The number of nitrogens with zero attached hydrogens (tertiary/aromatic N) is 6. The van der Waals surface area contributed by atoms with Gasteiger partial charge in [-0.2, -0.15) is 18.2 Å². The molecule has 4 N–H and O–H groups in total. The summed E-state index contributed by atoms with van der Waals surface area (Å²) in [6.07, 6.45) is -4.20. The standard InChI is InChI=1S/C38H37F3N8O8/c1-20(2)24-16-25(29(51)17-28(24)50)33-44-45-34(35(55)42-19-38(39,40)41)48(33)22-12-10-21(11-13-22)36(56)46(3)15-14-30(52)43-27-7-4-6-23-26(27)18-47(37(23)57)49-31(53)8-5-9-32(49)54/h4,6-7,10-13,16-17,20,50-51H,5,8-9,14-15,18-19H2,1-3H3,(H,42,55)(H,43,52). The van der Waals surface area contributed by atoms with E-state index >= 15 is 0 Å². The summed E-state index contributed by atoms with van der Waals surface area (Å²) >= 11 is 0. The first-order valence-electron chi connectivity index (χ1n) is 17.8. The number of amides is 6. The Morgan fingerprint density at radius 1 is 0.930 bits per heavy atom. The Labute approximate surface area is 322 Å². The summed E-state index contributed by atoms with van der Waals surface area (Å²) in [7, 11) is 1.47. The summed E-state index contributed by atoms with van der Waals surface area (Å²) in [5.41, 5.74) is 1.72. The van der Waals surface area contributed by atoms with Crippen LogP contribution in [-0.2, 0) is 20.9 Å². The molecule has 3 aromatic carbocycles. The number of benzene rings is 3. The highest BCUT2D eigenvalue weighted by molar-refractivity contribution is 6.06. The Balaban J connectivity index is 1.17. The first-order valence-corrected chi connectivity index (χ1v) is 17.8. The summed E-state index contributed by atoms with van der Waals surface area (Å²) in [5, 5.41) is 35.4. The lowest BCUT2D eigenvalue weighted by atomic mass is 9.98. The molecule has 16 nitrogen and oxygen atoms in total. The maximum absolute atomic E-state index is 13.4. The molecule has 0 spiro atoms. The lowest BCUT2D eigenvalue weighted by Gasteiger charge is -2.32. The minimum Gasteiger partial charge on any atom is -0.508 e. The van der Waals surface area contributed by atoms with Crippen molar-refractivity contribution in [3.05, 3.63) is 82.7 Å². The number of hydrogen-bond donors (Lipinski definition) is 4. The quantitative estimate of drug-likeness (QED) is 0.159. The van der Waals surface area contributed by atoms with Gasteiger partial charge in [0.1, 0.15) is 18.0 Å². The highest BCUT2D eigenvalue weighted by atomic mass is 19.4. The third-order valence-corrected chi connectivity index (χ3v) is 9.43. The van der Waals surface area contributed by atoms with Crippen molar-refractivity contribution in [3.63, 3.8) is 0 Å². The fraction of sp³-hybridized carbons (Fsp3) is 0.316. The van der Waals surface area contributed by atoms with Crippen molar-refractivity contribution in [2.24, 2.45) is 0 Å². The molecule has 0 aliphatic carbocycles. The number of anilines is 1. The molecule has 6 rings (SSSR count). The van der Waals surface area contributed by atoms with Crippen LogP contribution in [0.5, 0.6) is 11.5 Å². The lowest BCUT2D eigenvalue weighted by molar-refractivity contribution is -0.163. The van der Waals surface area contributed by atoms with Crippen LogP contribution in [0.1, 0.15) is 87.9 Å². The first-order chi connectivity index (χ1) is 26.9. The highest BCUT2D eigenvalue weighted by Crippen LogP contribution is 2.38. The van der Waals surface area contributed by atoms with Crippen LogP contribution in [0, 0.1) is 0 Å². The van der Waals surface area contributed by atoms with E-state index in [-0.39, 0.29) is 72.2 Å². The third kappa shape index (κ3) is 8.26. The molecule has 1 saturated heterocycles. The number of carbonyl (C=O) groups excluding carboxylic acids is 6. The van der Waals surface area contributed by atoms with Crippen molar-refractivity contribution in [1.29, 1.82) is 0 Å². The van der Waals surface area contributed by atoms with Gasteiger partial charge in [-0.05, 0) is 60.4 Å². The SMILES string of the molecule is CC(C)c1cc(-c2nnc(C(=O)NCC(F)(F)F)n2-c2ccc(C(=O)N(C)CCC(=O)Nc3cccc4c3CN(N3C(=O)CCCC3=O)C4=O)cc2)c(O)cc1O. The number of alkyl halides is 3. The average Bonchev–Trinajstić information content (AvgIpc) is 3.74. The van der Waals surface area contributed by atoms with Crippen LogP contribution >= 0.6 is 0 Å². The minimum atomic E-state index is -4.72. The molecule has 57 heavy (non-hydrogen) atoms. The number of phenols is 2. The van der Waals surface area contributed by atoms with Crippen LogP contribution in [0.2, 0.25) is 0 Å². The molecule has 0 saturated carbocycles. The van der Waals surface area contributed by atoms with Gasteiger partial charge in [0.25, 0.3) is 17.7 Å². The van der Waals surface area contributed by atoms with E-state index in [9.17, 15) is 52.2 Å². The van der Waals surface area contributed by atoms with Crippen LogP contribution in [0.25, 0.3) is 17.1 Å². The number of carbonyl (C=O) groups is 6. The molecule has 2 aliphatic heterocycles. The van der Waals surface area contributed by atoms with Crippen LogP contribution in [0.15, 0.2) is 54.6 Å². The van der Waals surface area contributed by atoms with Gasteiger partial charge in [0.05, 0.1) is 12.1 Å². The van der Waals surface area contributed by atoms with E-state index in [4.69, 9.17) is 0 Å². The molecule has 0 bridgehead atoms. The number of fused-ring (bicyclic) bond motifs is 1. The first kappa shape index (κ1) is 39.9. The van der Waals surface area contributed by atoms with Crippen molar-refractivity contribution < 1.29 is 52.2 Å². The van der Waals surface area contributed by atoms with Gasteiger partial charge in [0, 0.05) is 67.0 Å². The smallest absolute Gasteiger partial charge is 0.405 e. The summed E-state index contributed by atoms with van der Waals surface area (Å²) in [4.78, 5) is 78.8. The van der Waals surface area contributed by atoms with E-state index in [0.29, 0.717) is 23.2 Å². The van der Waals surface area contributed by atoms with E-state index in [1.165, 1.54) is 48.3 Å². The monoisotopic (exact) mass is 790 g/mol. The van der Waals surface area contributed by atoms with Crippen molar-refractivity contribution >= 4 is 41.1 Å². The molecule has 3 heterocycles. The molecule has 1 aromatic heterocycles. The Bertz CT molecular complexity index is 2270. The molecule has 298 valence electrons. The summed E-state index contributed by atoms with van der Waals surface area (Å²) in [5.74, 6) is -5.25. The number of nitrogens with one attached hydrogen (secondary N) is 2. The van der Waals surface area contributed by atoms with Gasteiger partial charge in [-0.1, -0.05) is 19.9 Å². The number of piperidine rings is 1. The number of hydrogen-bond acceptors (Lipinski definition) is 10. The summed E-state index contributed by atoms with van der Waals surface area (Å²) < 4.78 is 40.0. The zero-order valence-electron chi connectivity index (χ0n) is 30.9. The Kier molecular flexibility index (Phi) is 11.0. The normalized spacial score (nSPS) is 14.3. The van der Waals surface area contributed by atoms with Crippen LogP contribution in [0.3, 0.4) is 0 Å². The molecule has 0 unspecified atom stereocenters. The largest absolute Gasteiger partial charge is 0.508 e. The molecule has 4 aromatic rings. The average molecular weight is 791 g/mol. The van der Waals surface area contributed by atoms with E-state index in [1.54, 1.807) is 31.3 Å². The van der Waals surface area contributed by atoms with E-state index in [2.05, 4.69) is 15.5 Å². The number of imide groups is 1. The predicted molar refractivity (Wildman–Crippen MR) is 195 cm³/mol. The van der Waals surface area contributed by atoms with Gasteiger partial charge in [0.2, 0.25) is 23.5 Å². The molecular weight excluding hydrogens is 753 g/mol. The van der Waals surface area contributed by atoms with Gasteiger partial charge < -0.3 is 25.7 Å². The fourth-order valence-corrected chi connectivity index (χ4v) is 6.51. The van der Waals surface area contributed by atoms with E-state index in [0.717, 1.165) is 20.7 Å². The number of rotatable bonds is 11. The number of phenolic OH excluding ortho intramolecular Hbond substituents is 2. The molecule has 2 aliphatic rings. The molecular formula is C38H37F3N8O8. The zero-order chi connectivity index (χ0) is 41.3. The van der Waals surface area contributed by atoms with Gasteiger partial charge in [-0.3, -0.25) is 33.3 Å². The molecule has 19 heteroatoms. The predicted octanol–water partition coefficient (Wildman–Crippen LogP) is 4.27. The van der Waals surface area contributed by atoms with Crippen molar-refractivity contribution in [2.75, 3.05) is 25.5 Å². The van der Waals surface area contributed by atoms with Crippen LogP contribution in [0.4, 0.5) is 18.9 Å². The minimum absolute atomic E-state index is 0.0219. The number of halogens is 3. The Morgan fingerprint density at radius 3 is 2.26 bits per heavy atom. The number of aromatic hydroxyl groups is 2. The van der Waals surface area contributed by atoms with Crippen molar-refractivity contribution in [3.8, 4) is 28.6 Å². The second kappa shape index (κ2) is 15.8.